The summed E-state index contributed by atoms with van der Waals surface area (Å²) in [5, 5.41) is 20.4. The Hall–Kier alpha value is -1.04. The van der Waals surface area contributed by atoms with Crippen LogP contribution < -0.4 is 5.32 Å². The average Bonchev–Trinajstić information content (AvgIpc) is 2.30. The van der Waals surface area contributed by atoms with Gasteiger partial charge >= 0.3 is 0 Å². The minimum absolute atomic E-state index is 0.00744. The Bertz CT molecular complexity index is 343. The SMILES string of the molecule is CC(O)C(SCCO)C(=O)Nc1ccccc1. The van der Waals surface area contributed by atoms with Crippen LogP contribution in [0.25, 0.3) is 0 Å². The second-order valence-electron chi connectivity index (χ2n) is 3.61. The van der Waals surface area contributed by atoms with Crippen molar-refractivity contribution in [2.45, 2.75) is 18.3 Å². The third-order valence-corrected chi connectivity index (χ3v) is 3.51. The van der Waals surface area contributed by atoms with Crippen molar-refractivity contribution in [2.24, 2.45) is 0 Å². The van der Waals surface area contributed by atoms with E-state index in [0.717, 1.165) is 0 Å². The molecule has 1 aromatic rings. The second kappa shape index (κ2) is 7.32. The maximum atomic E-state index is 11.9. The summed E-state index contributed by atoms with van der Waals surface area (Å²) in [4.78, 5) is 11.9. The molecule has 5 heteroatoms. The van der Waals surface area contributed by atoms with Crippen molar-refractivity contribution < 1.29 is 15.0 Å². The number of thioether (sulfide) groups is 1. The van der Waals surface area contributed by atoms with Gasteiger partial charge in [0.05, 0.1) is 12.7 Å². The van der Waals surface area contributed by atoms with Crippen LogP contribution in [0.2, 0.25) is 0 Å². The first-order valence-electron chi connectivity index (χ1n) is 5.41. The highest BCUT2D eigenvalue weighted by Crippen LogP contribution is 2.17. The zero-order chi connectivity index (χ0) is 12.7. The van der Waals surface area contributed by atoms with Gasteiger partial charge in [0, 0.05) is 11.4 Å². The van der Waals surface area contributed by atoms with Gasteiger partial charge in [-0.2, -0.15) is 0 Å². The number of aliphatic hydroxyl groups is 2. The van der Waals surface area contributed by atoms with Crippen LogP contribution in [0, 0.1) is 0 Å². The summed E-state index contributed by atoms with van der Waals surface area (Å²) >= 11 is 1.24. The fraction of sp³-hybridized carbons (Fsp3) is 0.417. The number of carbonyl (C=O) groups is 1. The molecular weight excluding hydrogens is 238 g/mol. The third-order valence-electron chi connectivity index (χ3n) is 2.13. The van der Waals surface area contributed by atoms with Gasteiger partial charge in [0.25, 0.3) is 0 Å². The molecule has 2 unspecified atom stereocenters. The van der Waals surface area contributed by atoms with Gasteiger partial charge in [-0.25, -0.2) is 0 Å². The van der Waals surface area contributed by atoms with Gasteiger partial charge in [-0.1, -0.05) is 18.2 Å². The first-order chi connectivity index (χ1) is 8.15. The molecule has 0 saturated heterocycles. The van der Waals surface area contributed by atoms with Crippen LogP contribution in [0.15, 0.2) is 30.3 Å². The number of hydrogen-bond donors (Lipinski definition) is 3. The van der Waals surface area contributed by atoms with Crippen LogP contribution in [0.3, 0.4) is 0 Å². The molecule has 0 aliphatic rings. The first kappa shape index (κ1) is 14.0. The lowest BCUT2D eigenvalue weighted by Gasteiger charge is -2.18. The zero-order valence-electron chi connectivity index (χ0n) is 9.67. The van der Waals surface area contributed by atoms with Gasteiger partial charge in [0.15, 0.2) is 0 Å². The molecule has 1 rings (SSSR count). The van der Waals surface area contributed by atoms with Crippen molar-refractivity contribution in [3.05, 3.63) is 30.3 Å². The summed E-state index contributed by atoms with van der Waals surface area (Å²) in [5.41, 5.74) is 0.702. The Labute approximate surface area is 105 Å². The van der Waals surface area contributed by atoms with Gasteiger partial charge in [-0.05, 0) is 19.1 Å². The maximum absolute atomic E-state index is 11.9. The smallest absolute Gasteiger partial charge is 0.240 e. The van der Waals surface area contributed by atoms with Crippen LogP contribution in [0.4, 0.5) is 5.69 Å². The number of para-hydroxylation sites is 1. The summed E-state index contributed by atoms with van der Waals surface area (Å²) in [6, 6.07) is 9.09. The summed E-state index contributed by atoms with van der Waals surface area (Å²) in [7, 11) is 0. The summed E-state index contributed by atoms with van der Waals surface area (Å²) in [6.45, 7) is 1.56. The number of nitrogens with one attached hydrogen (secondary N) is 1. The van der Waals surface area contributed by atoms with E-state index in [0.29, 0.717) is 11.4 Å². The number of aliphatic hydroxyl groups excluding tert-OH is 2. The van der Waals surface area contributed by atoms with Gasteiger partial charge in [-0.15, -0.1) is 11.8 Å². The monoisotopic (exact) mass is 255 g/mol. The molecule has 94 valence electrons. The summed E-state index contributed by atoms with van der Waals surface area (Å²) in [5.74, 6) is 0.183. The topological polar surface area (TPSA) is 69.6 Å². The van der Waals surface area contributed by atoms with Crippen LogP contribution in [-0.4, -0.2) is 39.8 Å². The number of carbonyl (C=O) groups excluding carboxylic acids is 1. The predicted octanol–water partition coefficient (Wildman–Crippen LogP) is 1.10. The molecular formula is C12H17NO3S. The lowest BCUT2D eigenvalue weighted by Crippen LogP contribution is -2.34. The molecule has 1 amide bonds. The number of rotatable bonds is 6. The minimum Gasteiger partial charge on any atom is -0.396 e. The molecule has 0 spiro atoms. The van der Waals surface area contributed by atoms with E-state index < -0.39 is 11.4 Å². The quantitative estimate of drug-likeness (QED) is 0.712. The Morgan fingerprint density at radius 3 is 2.59 bits per heavy atom. The Balaban J connectivity index is 2.59. The van der Waals surface area contributed by atoms with Crippen molar-refractivity contribution in [3.63, 3.8) is 0 Å². The van der Waals surface area contributed by atoms with Crippen LogP contribution >= 0.6 is 11.8 Å². The molecule has 0 bridgehead atoms. The Morgan fingerprint density at radius 2 is 2.06 bits per heavy atom. The second-order valence-corrected chi connectivity index (χ2v) is 4.86. The number of amides is 1. The molecule has 0 heterocycles. The van der Waals surface area contributed by atoms with Crippen molar-refractivity contribution >= 4 is 23.4 Å². The van der Waals surface area contributed by atoms with Crippen LogP contribution in [0.5, 0.6) is 0 Å². The van der Waals surface area contributed by atoms with E-state index >= 15 is 0 Å². The van der Waals surface area contributed by atoms with Gasteiger partial charge in [0.2, 0.25) is 5.91 Å². The molecule has 0 saturated carbocycles. The fourth-order valence-corrected chi connectivity index (χ4v) is 2.20. The highest BCUT2D eigenvalue weighted by atomic mass is 32.2. The molecule has 0 aliphatic carbocycles. The molecule has 1 aromatic carbocycles. The Kier molecular flexibility index (Phi) is 6.04. The lowest BCUT2D eigenvalue weighted by atomic mass is 10.2. The van der Waals surface area contributed by atoms with E-state index in [1.807, 2.05) is 18.2 Å². The van der Waals surface area contributed by atoms with Crippen molar-refractivity contribution in [2.75, 3.05) is 17.7 Å². The standard InChI is InChI=1S/C12H17NO3S/c1-9(15)11(17-8-7-14)12(16)13-10-5-3-2-4-6-10/h2-6,9,11,14-15H,7-8H2,1H3,(H,13,16). The van der Waals surface area contributed by atoms with Gasteiger partial charge in [-0.3, -0.25) is 4.79 Å². The summed E-state index contributed by atoms with van der Waals surface area (Å²) < 4.78 is 0. The first-order valence-corrected chi connectivity index (χ1v) is 6.46. The van der Waals surface area contributed by atoms with E-state index in [4.69, 9.17) is 5.11 Å². The van der Waals surface area contributed by atoms with E-state index in [1.54, 1.807) is 19.1 Å². The molecule has 3 N–H and O–H groups in total. The fourth-order valence-electron chi connectivity index (χ4n) is 1.35. The van der Waals surface area contributed by atoms with Crippen LogP contribution in [-0.2, 0) is 4.79 Å². The zero-order valence-corrected chi connectivity index (χ0v) is 10.5. The number of anilines is 1. The van der Waals surface area contributed by atoms with E-state index in [1.165, 1.54) is 11.8 Å². The molecule has 0 fully saturated rings. The maximum Gasteiger partial charge on any atom is 0.240 e. The third kappa shape index (κ3) is 4.77. The minimum atomic E-state index is -0.754. The number of benzene rings is 1. The van der Waals surface area contributed by atoms with E-state index in [2.05, 4.69) is 5.32 Å². The molecule has 0 aliphatic heterocycles. The van der Waals surface area contributed by atoms with E-state index in [-0.39, 0.29) is 12.5 Å². The van der Waals surface area contributed by atoms with Crippen molar-refractivity contribution in [1.29, 1.82) is 0 Å². The number of hydrogen-bond acceptors (Lipinski definition) is 4. The van der Waals surface area contributed by atoms with E-state index in [9.17, 15) is 9.90 Å². The molecule has 17 heavy (non-hydrogen) atoms. The lowest BCUT2D eigenvalue weighted by molar-refractivity contribution is -0.117. The molecule has 0 radical (unpaired) electrons. The summed E-state index contributed by atoms with van der Waals surface area (Å²) in [6.07, 6.45) is -0.754. The highest BCUT2D eigenvalue weighted by molar-refractivity contribution is 8.00. The molecule has 4 nitrogen and oxygen atoms in total. The van der Waals surface area contributed by atoms with Gasteiger partial charge < -0.3 is 15.5 Å². The van der Waals surface area contributed by atoms with Crippen molar-refractivity contribution in [3.8, 4) is 0 Å². The highest BCUT2D eigenvalue weighted by Gasteiger charge is 2.23. The normalized spacial score (nSPS) is 14.1. The molecule has 0 aromatic heterocycles. The predicted molar refractivity (Wildman–Crippen MR) is 70.1 cm³/mol. The molecule has 2 atom stereocenters. The average molecular weight is 255 g/mol. The van der Waals surface area contributed by atoms with Gasteiger partial charge in [0.1, 0.15) is 5.25 Å². The van der Waals surface area contributed by atoms with Crippen molar-refractivity contribution in [1.82, 2.24) is 0 Å². The Morgan fingerprint density at radius 1 is 1.41 bits per heavy atom. The largest absolute Gasteiger partial charge is 0.396 e. The van der Waals surface area contributed by atoms with Crippen LogP contribution in [0.1, 0.15) is 6.92 Å².